The van der Waals surface area contributed by atoms with Crippen molar-refractivity contribution in [2.24, 2.45) is 130 Å². The van der Waals surface area contributed by atoms with Crippen LogP contribution >= 0.6 is 0 Å². The van der Waals surface area contributed by atoms with Crippen LogP contribution in [0, 0.1) is 130 Å². The normalized spacial score (nSPS) is 28.0. The van der Waals surface area contributed by atoms with E-state index in [9.17, 15) is 24.0 Å². The SMILES string of the molecule is CCC1CCC(C(=O)OC)CC1.CCC1CCC(COC)CC1.CCCC1CCC(C(=O)OC)CC1.CCCC1CCC(COC)CC1.CCCCC1CCC(C(=O)OC)CC1.CCCCC1CCC(COC)CC1.CCCCCC1CCC(C(=O)OC)CC1.CCCCCC1CCC(COC)CC1.CCCCCCC1CCC(C(=O)OC)CC1.CCCCCCC1CCC(CCC)CC1.CCCCCCC1CCC(COC)CC1. The van der Waals surface area contributed by atoms with Gasteiger partial charge in [0.1, 0.15) is 0 Å². The Hall–Kier alpha value is -2.85. The van der Waals surface area contributed by atoms with Crippen LogP contribution in [0.4, 0.5) is 0 Å². The van der Waals surface area contributed by atoms with Gasteiger partial charge in [-0.3, -0.25) is 24.0 Å². The molecule has 15 heteroatoms. The maximum atomic E-state index is 11.4. The highest BCUT2D eigenvalue weighted by Gasteiger charge is 2.34. The van der Waals surface area contributed by atoms with Crippen molar-refractivity contribution in [3.8, 4) is 0 Å². The van der Waals surface area contributed by atoms with Crippen LogP contribution in [0.5, 0.6) is 0 Å². The number of ether oxygens (including phenoxy) is 10. The van der Waals surface area contributed by atoms with E-state index in [0.29, 0.717) is 0 Å². The maximum absolute atomic E-state index is 11.4. The van der Waals surface area contributed by atoms with Gasteiger partial charge in [0.25, 0.3) is 0 Å². The van der Waals surface area contributed by atoms with Gasteiger partial charge in [0.15, 0.2) is 0 Å². The number of esters is 5. The van der Waals surface area contributed by atoms with E-state index in [1.54, 1.807) is 0 Å². The third kappa shape index (κ3) is 74.5. The summed E-state index contributed by atoms with van der Waals surface area (Å²) >= 11 is 0. The Morgan fingerprint density at radius 2 is 0.267 bits per heavy atom. The molecule has 0 unspecified atom stereocenters. The molecule has 11 rings (SSSR count). The minimum absolute atomic E-state index is 0.000980. The van der Waals surface area contributed by atoms with Crippen molar-refractivity contribution in [2.75, 3.05) is 104 Å². The fraction of sp³-hybridized carbons (Fsp3) is 0.963. The molecule has 0 radical (unpaired) electrons. The molecule has 0 amide bonds. The van der Waals surface area contributed by atoms with E-state index in [2.05, 4.69) is 83.1 Å². The minimum atomic E-state index is -0.00967. The Bertz CT molecular complexity index is 2820. The van der Waals surface area contributed by atoms with E-state index in [4.69, 9.17) is 47.4 Å². The molecule has 11 saturated carbocycles. The molecule has 0 heterocycles. The first-order chi connectivity index (χ1) is 73.1. The molecule has 11 aliphatic rings. The van der Waals surface area contributed by atoms with Gasteiger partial charge in [-0.25, -0.2) is 0 Å². The molecular formula is C135H260O15. The second kappa shape index (κ2) is 102. The van der Waals surface area contributed by atoms with Gasteiger partial charge < -0.3 is 47.4 Å². The van der Waals surface area contributed by atoms with Crippen molar-refractivity contribution in [3.63, 3.8) is 0 Å². The van der Waals surface area contributed by atoms with Crippen molar-refractivity contribution in [3.05, 3.63) is 0 Å². The Morgan fingerprint density at radius 1 is 0.140 bits per heavy atom. The molecule has 150 heavy (non-hydrogen) atoms. The van der Waals surface area contributed by atoms with Crippen LogP contribution in [-0.4, -0.2) is 134 Å². The van der Waals surface area contributed by atoms with Crippen LogP contribution in [0.25, 0.3) is 0 Å². The quantitative estimate of drug-likeness (QED) is 0.0319. The smallest absolute Gasteiger partial charge is 0.308 e. The van der Waals surface area contributed by atoms with E-state index in [1.807, 2.05) is 35.5 Å². The molecule has 0 spiro atoms. The monoisotopic (exact) mass is 2120 g/mol. The third-order valence-corrected chi connectivity index (χ3v) is 37.7. The lowest BCUT2D eigenvalue weighted by Crippen LogP contribution is -2.22. The molecule has 11 aliphatic carbocycles. The molecule has 0 saturated heterocycles. The summed E-state index contributed by atoms with van der Waals surface area (Å²) in [6.07, 6.45) is 109. The Kier molecular flexibility index (Phi) is 98.2. The van der Waals surface area contributed by atoms with Gasteiger partial charge in [-0.15, -0.1) is 0 Å². The molecule has 0 aliphatic heterocycles. The number of methoxy groups -OCH3 is 10. The molecule has 0 aromatic heterocycles. The average molecular weight is 2120 g/mol. The lowest BCUT2D eigenvalue weighted by Gasteiger charge is -2.28. The number of hydrogen-bond acceptors (Lipinski definition) is 15. The van der Waals surface area contributed by atoms with Gasteiger partial charge in [0.2, 0.25) is 0 Å². The molecular weight excluding hydrogens is 1860 g/mol. The van der Waals surface area contributed by atoms with Gasteiger partial charge in [0.05, 0.1) is 65.1 Å². The molecule has 0 bridgehead atoms. The lowest BCUT2D eigenvalue weighted by molar-refractivity contribution is -0.147. The molecule has 0 aromatic carbocycles. The molecule has 15 nitrogen and oxygen atoms in total. The van der Waals surface area contributed by atoms with Crippen molar-refractivity contribution < 1.29 is 71.3 Å². The lowest BCUT2D eigenvalue weighted by atomic mass is 9.78. The molecule has 0 aromatic rings. The van der Waals surface area contributed by atoms with Gasteiger partial charge >= 0.3 is 29.8 Å². The van der Waals surface area contributed by atoms with Crippen LogP contribution in [-0.2, 0) is 71.3 Å². The van der Waals surface area contributed by atoms with Crippen molar-refractivity contribution >= 4 is 29.8 Å². The second-order valence-electron chi connectivity index (χ2n) is 49.8. The molecule has 0 N–H and O–H groups in total. The zero-order valence-electron chi connectivity index (χ0n) is 104. The highest BCUT2D eigenvalue weighted by Crippen LogP contribution is 2.42. The fourth-order valence-electron chi connectivity index (χ4n) is 27.1. The van der Waals surface area contributed by atoms with Crippen LogP contribution in [0.2, 0.25) is 0 Å². The predicted octanol–water partition coefficient (Wildman–Crippen LogP) is 39.5. The third-order valence-electron chi connectivity index (χ3n) is 37.7. The van der Waals surface area contributed by atoms with Crippen LogP contribution in [0.1, 0.15) is 603 Å². The summed E-state index contributed by atoms with van der Waals surface area (Å²) in [6.45, 7) is 32.2. The summed E-state index contributed by atoms with van der Waals surface area (Å²) in [4.78, 5) is 56.3. The van der Waals surface area contributed by atoms with Crippen LogP contribution < -0.4 is 0 Å². The Labute approximate surface area is 933 Å². The Balaban J connectivity index is 0.000000826. The van der Waals surface area contributed by atoms with Gasteiger partial charge in [0, 0.05) is 68.6 Å². The molecule has 0 atom stereocenters. The van der Waals surface area contributed by atoms with E-state index in [0.717, 1.165) is 198 Å². The topological polar surface area (TPSA) is 178 Å². The number of carbonyl (C=O) groups excluding carboxylic acids is 5. The molecule has 890 valence electrons. The van der Waals surface area contributed by atoms with Crippen LogP contribution in [0.15, 0.2) is 0 Å². The van der Waals surface area contributed by atoms with Crippen LogP contribution in [0.3, 0.4) is 0 Å². The summed E-state index contributed by atoms with van der Waals surface area (Å²) < 4.78 is 49.8. The first-order valence-corrected chi connectivity index (χ1v) is 65.9. The van der Waals surface area contributed by atoms with E-state index < -0.39 is 0 Å². The highest BCUT2D eigenvalue weighted by atomic mass is 16.5. The Morgan fingerprint density at radius 3 is 0.413 bits per heavy atom. The van der Waals surface area contributed by atoms with Crippen molar-refractivity contribution in [1.82, 2.24) is 0 Å². The standard InChI is InChI=1S/C15H30.C14H26O2.C14H28O.C13H24O2.C13H26O.C12H22O2.C12H24O.C11H20O2.C11H22O.C10H18O2.C10H20O/c1-3-5-6-7-9-15-12-10-14(8-4-2)11-13-15;1-3-4-5-6-7-12-8-10-13(11-9-12)14(15)16-2;1-3-4-5-6-7-13-8-10-14(11-9-13)12-15-2;1-3-4-5-6-11-7-9-12(10-8-11)13(14)15-2;1-3-4-5-6-12-7-9-13(10-8-12)11-14-2;1-3-4-5-10-6-8-11(9-7-10)12(13)14-2;1-3-4-5-11-6-8-12(9-7-11)10-13-2;1-3-4-9-5-7-10(8-6-9)11(12)13-2;1-3-4-10-5-7-11(8-6-10)9-12-2;1-3-8-4-6-9(7-5-8)10(11)12-2;1-3-9-4-6-10(7-5-9)8-11-2/h14-15H,3-13H2,1-2H3;12-13H,3-11H2,1-2H3;13-14H,3-12H2,1-2H3;11-12H,3-10H2,1-2H3;12-13H,3-11H2,1-2H3;10-11H,3-9H2,1-2H3;11-12H,3-10H2,1-2H3;9-10H,3-8H2,1-2H3;10-11H,3-9H2,1-2H3;8-9H,3-7H2,1-2H3;9-10H,3-8H2,1-2H3. The average Bonchev–Trinajstić information content (AvgIpc) is 0.913. The first kappa shape index (κ1) is 145. The summed E-state index contributed by atoms with van der Waals surface area (Å²) in [7, 11) is 16.6. The second-order valence-corrected chi connectivity index (χ2v) is 49.8. The van der Waals surface area contributed by atoms with Gasteiger partial charge in [-0.05, 0) is 293 Å². The minimum Gasteiger partial charge on any atom is -0.469 e. The van der Waals surface area contributed by atoms with Crippen molar-refractivity contribution in [2.45, 2.75) is 603 Å². The zero-order chi connectivity index (χ0) is 110. The van der Waals surface area contributed by atoms with E-state index in [-0.39, 0.29) is 59.4 Å². The van der Waals surface area contributed by atoms with Gasteiger partial charge in [-0.2, -0.15) is 0 Å². The summed E-state index contributed by atoms with van der Waals surface area (Å²) in [6, 6.07) is 0. The zero-order valence-corrected chi connectivity index (χ0v) is 104. The molecule has 11 fully saturated rings. The van der Waals surface area contributed by atoms with E-state index in [1.165, 1.54) is 491 Å². The maximum Gasteiger partial charge on any atom is 0.308 e. The largest absolute Gasteiger partial charge is 0.469 e. The number of unbranched alkanes of at least 4 members (excludes halogenated alkanes) is 15. The highest BCUT2D eigenvalue weighted by molar-refractivity contribution is 5.74. The number of hydrogen-bond donors (Lipinski definition) is 0. The summed E-state index contributed by atoms with van der Waals surface area (Å²) in [5.41, 5.74) is 0. The predicted molar refractivity (Wildman–Crippen MR) is 638 cm³/mol. The summed E-state index contributed by atoms with van der Waals surface area (Å²) in [5.74, 6) is 16.9. The van der Waals surface area contributed by atoms with Crippen molar-refractivity contribution in [1.29, 1.82) is 0 Å². The fourth-order valence-corrected chi connectivity index (χ4v) is 27.1. The van der Waals surface area contributed by atoms with Gasteiger partial charge in [-0.1, -0.05) is 411 Å². The van der Waals surface area contributed by atoms with E-state index >= 15 is 0 Å². The number of rotatable bonds is 52. The number of carbonyl (C=O) groups is 5. The first-order valence-electron chi connectivity index (χ1n) is 65.9. The summed E-state index contributed by atoms with van der Waals surface area (Å²) in [5, 5.41) is 0.